The van der Waals surface area contributed by atoms with Crippen molar-refractivity contribution in [2.45, 2.75) is 257 Å². The van der Waals surface area contributed by atoms with E-state index in [9.17, 15) is 52.7 Å². The third-order valence-corrected chi connectivity index (χ3v) is 11.3. The van der Waals surface area contributed by atoms with Crippen LogP contribution < -0.4 is 0 Å². The fourth-order valence-corrected chi connectivity index (χ4v) is 5.35. The summed E-state index contributed by atoms with van der Waals surface area (Å²) in [6.07, 6.45) is 20.2. The molecular weight excluding hydrogens is 993 g/mol. The predicted molar refractivity (Wildman–Crippen MR) is 328 cm³/mol. The maximum absolute atomic E-state index is 11.5. The van der Waals surface area contributed by atoms with Crippen molar-refractivity contribution in [3.05, 3.63) is 71.9 Å². The van der Waals surface area contributed by atoms with Crippen LogP contribution in [0.5, 0.6) is 0 Å². The molecule has 0 atom stereocenters. The minimum atomic E-state index is -0.338. The summed E-state index contributed by atoms with van der Waals surface area (Å²) in [7, 11) is 0. The molecule has 0 spiro atoms. The average molecular weight is 1110 g/mol. The van der Waals surface area contributed by atoms with Crippen LogP contribution in [0.4, 0.5) is 0 Å². The summed E-state index contributed by atoms with van der Waals surface area (Å²) in [5.74, 6) is 1.75. The Morgan fingerprint density at radius 3 is 0.924 bits per heavy atom. The summed E-state index contributed by atoms with van der Waals surface area (Å²) in [4.78, 5) is 124. The number of hydrogen-bond donors (Lipinski definition) is 0. The highest BCUT2D eigenvalue weighted by Gasteiger charge is 2.25. The van der Waals surface area contributed by atoms with E-state index in [1.165, 1.54) is 18.9 Å². The maximum Gasteiger partial charge on any atom is 0.160 e. The summed E-state index contributed by atoms with van der Waals surface area (Å²) >= 11 is 0. The Hall–Kier alpha value is -5.19. The molecule has 0 amide bonds. The molecule has 11 nitrogen and oxygen atoms in total. The molecule has 11 heteroatoms. The molecule has 0 radical (unpaired) electrons. The van der Waals surface area contributed by atoms with Crippen LogP contribution in [0.1, 0.15) is 257 Å². The molecule has 1 aliphatic carbocycles. The second-order valence-electron chi connectivity index (χ2n) is 27.0. The second kappa shape index (κ2) is 40.1. The van der Waals surface area contributed by atoms with Crippen LogP contribution in [-0.2, 0) is 52.7 Å². The number of ketones is 11. The number of hydrogen-bond acceptors (Lipinski definition) is 11. The third-order valence-electron chi connectivity index (χ3n) is 11.3. The number of carbonyl (C=O) groups is 11. The molecule has 0 bridgehead atoms. The Balaban J connectivity index is -0.000000278. The van der Waals surface area contributed by atoms with Crippen LogP contribution >= 0.6 is 0 Å². The van der Waals surface area contributed by atoms with E-state index in [1.807, 2.05) is 171 Å². The molecule has 0 unspecified atom stereocenters. The second-order valence-corrected chi connectivity index (χ2v) is 27.0. The molecule has 0 aromatic carbocycles. The number of Topliss-reactive ketones (excluding diaryl/α,β-unsaturated/α-hetero) is 6. The lowest BCUT2D eigenvalue weighted by atomic mass is 9.87. The molecule has 0 N–H and O–H groups in total. The van der Waals surface area contributed by atoms with E-state index in [4.69, 9.17) is 0 Å². The van der Waals surface area contributed by atoms with Gasteiger partial charge in [-0.05, 0) is 103 Å². The third kappa shape index (κ3) is 53.2. The van der Waals surface area contributed by atoms with Gasteiger partial charge in [-0.2, -0.15) is 0 Å². The summed E-state index contributed by atoms with van der Waals surface area (Å²) in [6.45, 7) is 50.5. The first kappa shape index (κ1) is 82.6. The van der Waals surface area contributed by atoms with Gasteiger partial charge in [0, 0.05) is 96.7 Å². The number of allylic oxidation sites excluding steroid dienone is 11. The Bertz CT molecular complexity index is 2160. The summed E-state index contributed by atoms with van der Waals surface area (Å²) < 4.78 is 0. The highest BCUT2D eigenvalue weighted by atomic mass is 16.2. The first-order valence-corrected chi connectivity index (χ1v) is 28.2. The topological polar surface area (TPSA) is 188 Å². The van der Waals surface area contributed by atoms with Crippen molar-refractivity contribution in [3.8, 4) is 0 Å². The molecule has 1 saturated carbocycles. The van der Waals surface area contributed by atoms with E-state index >= 15 is 0 Å². The van der Waals surface area contributed by atoms with Gasteiger partial charge in [-0.3, -0.25) is 52.7 Å². The monoisotopic (exact) mass is 1100 g/mol. The van der Waals surface area contributed by atoms with Gasteiger partial charge in [-0.1, -0.05) is 168 Å². The van der Waals surface area contributed by atoms with E-state index < -0.39 is 0 Å². The van der Waals surface area contributed by atoms with Gasteiger partial charge in [0.25, 0.3) is 0 Å². The smallest absolute Gasteiger partial charge is 0.160 e. The van der Waals surface area contributed by atoms with E-state index in [0.29, 0.717) is 75.7 Å². The Kier molecular flexibility index (Phi) is 41.9. The molecular formula is C68H112O11. The van der Waals surface area contributed by atoms with Crippen LogP contribution in [0.2, 0.25) is 0 Å². The van der Waals surface area contributed by atoms with Crippen molar-refractivity contribution >= 4 is 63.6 Å². The van der Waals surface area contributed by atoms with Gasteiger partial charge in [0.15, 0.2) is 34.7 Å². The summed E-state index contributed by atoms with van der Waals surface area (Å²) in [6, 6.07) is 0. The highest BCUT2D eigenvalue weighted by Crippen LogP contribution is 2.30. The molecule has 450 valence electrons. The number of rotatable bonds is 23. The largest absolute Gasteiger partial charge is 0.299 e. The molecule has 0 heterocycles. The minimum absolute atomic E-state index is 0.0161. The molecule has 0 aliphatic heterocycles. The lowest BCUT2D eigenvalue weighted by Gasteiger charge is -2.15. The lowest BCUT2D eigenvalue weighted by Crippen LogP contribution is -2.20. The van der Waals surface area contributed by atoms with Gasteiger partial charge in [-0.15, -0.1) is 0 Å². The van der Waals surface area contributed by atoms with Crippen LogP contribution in [-0.4, -0.2) is 63.6 Å². The first-order chi connectivity index (χ1) is 35.5. The van der Waals surface area contributed by atoms with Crippen LogP contribution in [0.3, 0.4) is 0 Å². The van der Waals surface area contributed by atoms with Gasteiger partial charge < -0.3 is 0 Å². The average Bonchev–Trinajstić information content (AvgIpc) is 4.12. The van der Waals surface area contributed by atoms with Crippen molar-refractivity contribution in [1.29, 1.82) is 0 Å². The quantitative estimate of drug-likeness (QED) is 0.0886. The van der Waals surface area contributed by atoms with Crippen LogP contribution in [0.15, 0.2) is 71.9 Å². The fraction of sp³-hybridized carbons (Fsp3) is 0.662. The van der Waals surface area contributed by atoms with E-state index in [1.54, 1.807) is 44.2 Å². The Labute approximate surface area is 481 Å². The predicted octanol–water partition coefficient (Wildman–Crippen LogP) is 16.4. The molecule has 0 saturated heterocycles. The number of carbonyl (C=O) groups excluding carboxylic acids is 11. The molecule has 1 rings (SSSR count). The Morgan fingerprint density at radius 1 is 0.392 bits per heavy atom. The molecule has 79 heavy (non-hydrogen) atoms. The fourth-order valence-electron chi connectivity index (χ4n) is 5.35. The van der Waals surface area contributed by atoms with Gasteiger partial charge in [0.1, 0.15) is 28.9 Å². The Morgan fingerprint density at radius 2 is 0.684 bits per heavy atom. The summed E-state index contributed by atoms with van der Waals surface area (Å²) in [5.41, 5.74) is 0.725. The molecule has 0 aromatic rings. The van der Waals surface area contributed by atoms with Crippen molar-refractivity contribution in [3.63, 3.8) is 0 Å². The van der Waals surface area contributed by atoms with E-state index in [0.717, 1.165) is 17.6 Å². The van der Waals surface area contributed by atoms with Gasteiger partial charge >= 0.3 is 0 Å². The van der Waals surface area contributed by atoms with Crippen molar-refractivity contribution in [2.75, 3.05) is 0 Å². The summed E-state index contributed by atoms with van der Waals surface area (Å²) in [5, 5.41) is 0. The standard InChI is InChI=1S/C13H20O2.2C12H20O2.2C11H18O2.C9H16O/c1-13(2,3)12(15)9-8-11(14)7-6-10-4-5-10;1-9(2)8-10(13)6-7-11(14)12(3,4)5;1-5-6-7-10(13)8-9-11(14)12(2,3)4;1-8(2)9(12)6-7-10(13)11(3,4)5;1-5-6-9(12)7-8-10(13)11(2,3)4;1-7(2)6-8(10)9(3,4)5/h6-7,10H,4-5,8-9H2,1-3H3;8H,6-7H2,1-5H3;6-7H,5,8-9H2,1-4H3;1,6-7H2,2-5H3;5-6H,7-8H2,1-4H3;6H,1-5H3/b7-6+;;7-6+;;6-5+;. The van der Waals surface area contributed by atoms with E-state index in [-0.39, 0.29) is 96.1 Å². The SMILES string of the molecule is C/C=C/C(=O)CCC(=O)C(C)(C)C.C=C(C)C(=O)CCC(=O)C(C)(C)C.CC(C)(C)C(=O)CCC(=O)/C=C/C1CC1.CC(C)=CC(=O)C(C)(C)C.CC(C)=CC(=O)CCC(=O)C(C)(C)C.CC/C=C/C(=O)CCC(=O)C(C)(C)C. The van der Waals surface area contributed by atoms with Crippen molar-refractivity contribution in [1.82, 2.24) is 0 Å². The minimum Gasteiger partial charge on any atom is -0.299 e. The zero-order valence-corrected chi connectivity index (χ0v) is 54.6. The van der Waals surface area contributed by atoms with Gasteiger partial charge in [0.2, 0.25) is 0 Å². The van der Waals surface area contributed by atoms with Crippen LogP contribution in [0, 0.1) is 38.4 Å². The molecule has 1 fully saturated rings. The zero-order chi connectivity index (χ0) is 63.5. The highest BCUT2D eigenvalue weighted by molar-refractivity contribution is 5.98. The van der Waals surface area contributed by atoms with Crippen molar-refractivity contribution < 1.29 is 52.7 Å². The van der Waals surface area contributed by atoms with Gasteiger partial charge in [-0.25, -0.2) is 0 Å². The van der Waals surface area contributed by atoms with E-state index in [2.05, 4.69) is 6.58 Å². The first-order valence-electron chi connectivity index (χ1n) is 28.2. The normalized spacial score (nSPS) is 12.5. The van der Waals surface area contributed by atoms with Crippen LogP contribution in [0.25, 0.3) is 0 Å². The van der Waals surface area contributed by atoms with Gasteiger partial charge in [0.05, 0.1) is 0 Å². The lowest BCUT2D eigenvalue weighted by molar-refractivity contribution is -0.128. The maximum atomic E-state index is 11.5. The molecule has 0 aromatic heterocycles. The van der Waals surface area contributed by atoms with Crippen molar-refractivity contribution in [2.24, 2.45) is 38.4 Å². The zero-order valence-electron chi connectivity index (χ0n) is 54.6. The molecule has 1 aliphatic rings.